The number of aryl methyl sites for hydroxylation is 1. The van der Waals surface area contributed by atoms with Crippen LogP contribution in [0.15, 0.2) is 12.1 Å². The van der Waals surface area contributed by atoms with Gasteiger partial charge in [-0.2, -0.15) is 0 Å². The number of rotatable bonds is 1. The molecule has 0 aromatic heterocycles. The average Bonchev–Trinajstić information content (AvgIpc) is 2.82. The van der Waals surface area contributed by atoms with Crippen molar-refractivity contribution in [2.45, 2.75) is 51.4 Å². The molecule has 0 heterocycles. The zero-order chi connectivity index (χ0) is 15.5. The number of carbonyl (C=O) groups is 1. The van der Waals surface area contributed by atoms with E-state index in [0.717, 1.165) is 32.1 Å². The van der Waals surface area contributed by atoms with Gasteiger partial charge < -0.3 is 9.84 Å². The van der Waals surface area contributed by atoms with Crippen LogP contribution in [0.4, 0.5) is 0 Å². The largest absolute Gasteiger partial charge is 0.504 e. The standard InChI is InChI=1S/C19H24O3/c1-19-8-7-12-13(15(19)5-6-18(19)21)4-3-11-9-17(22-2)16(20)10-14(11)12/h9-10,12-13,15,20H,3-8H2,1-2H3/t12-,13+,15-,19-/m0/s1/i1+1. The van der Waals surface area contributed by atoms with E-state index in [9.17, 15) is 9.90 Å². The van der Waals surface area contributed by atoms with Crippen LogP contribution in [0.2, 0.25) is 0 Å². The van der Waals surface area contributed by atoms with Crippen molar-refractivity contribution in [1.29, 1.82) is 0 Å². The van der Waals surface area contributed by atoms with Crippen LogP contribution in [0.25, 0.3) is 0 Å². The number of hydrogen-bond acceptors (Lipinski definition) is 3. The first kappa shape index (κ1) is 14.1. The first-order valence-electron chi connectivity index (χ1n) is 8.47. The number of phenols is 1. The van der Waals surface area contributed by atoms with Gasteiger partial charge in [0.25, 0.3) is 0 Å². The maximum Gasteiger partial charge on any atom is 0.160 e. The predicted octanol–water partition coefficient (Wildman–Crippen LogP) is 3.83. The van der Waals surface area contributed by atoms with E-state index in [4.69, 9.17) is 4.74 Å². The van der Waals surface area contributed by atoms with Gasteiger partial charge in [0.05, 0.1) is 7.11 Å². The fourth-order valence-corrected chi connectivity index (χ4v) is 5.52. The van der Waals surface area contributed by atoms with Gasteiger partial charge in [0.1, 0.15) is 5.78 Å². The van der Waals surface area contributed by atoms with E-state index >= 15 is 0 Å². The highest BCUT2D eigenvalue weighted by atomic mass is 16.5. The molecule has 4 rings (SSSR count). The molecule has 0 spiro atoms. The molecule has 1 aromatic rings. The summed E-state index contributed by atoms with van der Waals surface area (Å²) < 4.78 is 5.25. The molecule has 118 valence electrons. The molecular weight excluding hydrogens is 277 g/mol. The normalized spacial score (nSPS) is 36.5. The number of carbonyl (C=O) groups excluding carboxylic acids is 1. The molecule has 1 N–H and O–H groups in total. The van der Waals surface area contributed by atoms with Gasteiger partial charge in [-0.25, -0.2) is 0 Å². The molecule has 4 atom stereocenters. The molecule has 0 radical (unpaired) electrons. The molecule has 3 nitrogen and oxygen atoms in total. The lowest BCUT2D eigenvalue weighted by Gasteiger charge is -2.48. The van der Waals surface area contributed by atoms with Gasteiger partial charge >= 0.3 is 0 Å². The Hall–Kier alpha value is -1.51. The number of aromatic hydroxyl groups is 1. The van der Waals surface area contributed by atoms with Crippen LogP contribution in [-0.2, 0) is 11.2 Å². The summed E-state index contributed by atoms with van der Waals surface area (Å²) >= 11 is 0. The molecule has 3 aliphatic rings. The Bertz CT molecular complexity index is 636. The van der Waals surface area contributed by atoms with E-state index in [1.54, 1.807) is 7.11 Å². The van der Waals surface area contributed by atoms with Gasteiger partial charge in [0, 0.05) is 11.8 Å². The van der Waals surface area contributed by atoms with Crippen LogP contribution in [0, 0.1) is 17.3 Å². The van der Waals surface area contributed by atoms with Crippen molar-refractivity contribution in [3.05, 3.63) is 23.3 Å². The maximum absolute atomic E-state index is 12.3. The van der Waals surface area contributed by atoms with E-state index in [2.05, 4.69) is 6.92 Å². The van der Waals surface area contributed by atoms with Crippen molar-refractivity contribution in [3.63, 3.8) is 0 Å². The minimum Gasteiger partial charge on any atom is -0.504 e. The zero-order valence-corrected chi connectivity index (χ0v) is 13.4. The summed E-state index contributed by atoms with van der Waals surface area (Å²) in [6.45, 7) is 2.20. The van der Waals surface area contributed by atoms with Gasteiger partial charge in [0.15, 0.2) is 11.5 Å². The predicted molar refractivity (Wildman–Crippen MR) is 84.3 cm³/mol. The number of methoxy groups -OCH3 is 1. The molecule has 0 bridgehead atoms. The summed E-state index contributed by atoms with van der Waals surface area (Å²) in [7, 11) is 1.60. The maximum atomic E-state index is 12.3. The Morgan fingerprint density at radius 1 is 1.23 bits per heavy atom. The average molecular weight is 301 g/mol. The SMILES string of the molecule is COc1cc2c(cc1O)[C@H]1CC[C@]3([13CH3])C(=O)CC[C@H]3[C@@H]1CC2. The molecule has 1 aromatic carbocycles. The zero-order valence-electron chi connectivity index (χ0n) is 13.4. The monoisotopic (exact) mass is 301 g/mol. The smallest absolute Gasteiger partial charge is 0.160 e. The molecule has 3 aliphatic carbocycles. The third kappa shape index (κ3) is 1.77. The minimum atomic E-state index is -0.0762. The molecule has 0 unspecified atom stereocenters. The van der Waals surface area contributed by atoms with Crippen molar-refractivity contribution < 1.29 is 14.6 Å². The summed E-state index contributed by atoms with van der Waals surface area (Å²) in [5.41, 5.74) is 2.55. The van der Waals surface area contributed by atoms with Crippen LogP contribution >= 0.6 is 0 Å². The molecule has 22 heavy (non-hydrogen) atoms. The number of fused-ring (bicyclic) bond motifs is 5. The number of ether oxygens (including phenoxy) is 1. The van der Waals surface area contributed by atoms with Gasteiger partial charge in [0.2, 0.25) is 0 Å². The second kappa shape index (κ2) is 4.74. The fourth-order valence-electron chi connectivity index (χ4n) is 5.52. The second-order valence-electron chi connectivity index (χ2n) is 7.56. The summed E-state index contributed by atoms with van der Waals surface area (Å²) in [6, 6.07) is 3.93. The summed E-state index contributed by atoms with van der Waals surface area (Å²) in [5, 5.41) is 10.2. The summed E-state index contributed by atoms with van der Waals surface area (Å²) in [5.74, 6) is 2.96. The van der Waals surface area contributed by atoms with Crippen molar-refractivity contribution >= 4 is 5.78 Å². The van der Waals surface area contributed by atoms with E-state index in [-0.39, 0.29) is 11.2 Å². The quantitative estimate of drug-likeness (QED) is 0.802. The van der Waals surface area contributed by atoms with Gasteiger partial charge in [-0.15, -0.1) is 0 Å². The van der Waals surface area contributed by atoms with Crippen molar-refractivity contribution in [3.8, 4) is 11.5 Å². The summed E-state index contributed by atoms with van der Waals surface area (Å²) in [6.07, 6.45) is 6.11. The van der Waals surface area contributed by atoms with Crippen LogP contribution in [0.1, 0.15) is 56.1 Å². The Kier molecular flexibility index (Phi) is 3.04. The van der Waals surface area contributed by atoms with E-state index < -0.39 is 0 Å². The number of benzene rings is 1. The van der Waals surface area contributed by atoms with Crippen LogP contribution in [-0.4, -0.2) is 18.0 Å². The molecule has 3 heteroatoms. The van der Waals surface area contributed by atoms with Gasteiger partial charge in [-0.05, 0) is 73.1 Å². The van der Waals surface area contributed by atoms with E-state index in [1.807, 2.05) is 12.1 Å². The number of phenolic OH excluding ortho intramolecular Hbond substituents is 1. The van der Waals surface area contributed by atoms with Gasteiger partial charge in [-0.1, -0.05) is 6.92 Å². The van der Waals surface area contributed by atoms with E-state index in [0.29, 0.717) is 29.3 Å². The lowest BCUT2D eigenvalue weighted by atomic mass is 9.57. The molecule has 2 saturated carbocycles. The lowest BCUT2D eigenvalue weighted by Crippen LogP contribution is -2.42. The number of hydrogen-bond donors (Lipinski definition) is 1. The third-order valence-electron chi connectivity index (χ3n) is 6.73. The highest BCUT2D eigenvalue weighted by Crippen LogP contribution is 2.60. The fraction of sp³-hybridized carbons (Fsp3) is 0.632. The third-order valence-corrected chi connectivity index (χ3v) is 6.73. The highest BCUT2D eigenvalue weighted by Gasteiger charge is 2.54. The Morgan fingerprint density at radius 2 is 2.05 bits per heavy atom. The van der Waals surface area contributed by atoms with Crippen molar-refractivity contribution in [2.75, 3.05) is 7.11 Å². The lowest BCUT2D eigenvalue weighted by molar-refractivity contribution is -0.129. The minimum absolute atomic E-state index is 0.0762. The van der Waals surface area contributed by atoms with Crippen molar-refractivity contribution in [1.82, 2.24) is 0 Å². The topological polar surface area (TPSA) is 46.5 Å². The Balaban J connectivity index is 1.73. The first-order valence-corrected chi connectivity index (χ1v) is 8.47. The van der Waals surface area contributed by atoms with Gasteiger partial charge in [-0.3, -0.25) is 4.79 Å². The molecule has 0 aliphatic heterocycles. The Morgan fingerprint density at radius 3 is 2.82 bits per heavy atom. The highest BCUT2D eigenvalue weighted by molar-refractivity contribution is 5.87. The van der Waals surface area contributed by atoms with Crippen LogP contribution < -0.4 is 4.74 Å². The summed E-state index contributed by atoms with van der Waals surface area (Å²) in [4.78, 5) is 12.3. The number of Topliss-reactive ketones (excluding diaryl/α,β-unsaturated/α-hetero) is 1. The number of ketones is 1. The van der Waals surface area contributed by atoms with E-state index in [1.165, 1.54) is 17.5 Å². The van der Waals surface area contributed by atoms with Crippen LogP contribution in [0.5, 0.6) is 11.5 Å². The first-order chi connectivity index (χ1) is 10.5. The van der Waals surface area contributed by atoms with Crippen molar-refractivity contribution in [2.24, 2.45) is 17.3 Å². The second-order valence-corrected chi connectivity index (χ2v) is 7.56. The molecule has 0 saturated heterocycles. The molecule has 2 fully saturated rings. The molecular formula is C19H24O3. The Labute approximate surface area is 131 Å². The molecule has 0 amide bonds. The van der Waals surface area contributed by atoms with Crippen LogP contribution in [0.3, 0.4) is 0 Å².